The third-order valence-electron chi connectivity index (χ3n) is 4.56. The van der Waals surface area contributed by atoms with Gasteiger partial charge in [0.25, 0.3) is 0 Å². The zero-order chi connectivity index (χ0) is 16.2. The smallest absolute Gasteiger partial charge is 0.224 e. The van der Waals surface area contributed by atoms with Crippen molar-refractivity contribution in [1.82, 2.24) is 15.1 Å². The summed E-state index contributed by atoms with van der Waals surface area (Å²) in [7, 11) is 0. The predicted molar refractivity (Wildman–Crippen MR) is 86.9 cm³/mol. The van der Waals surface area contributed by atoms with E-state index in [1.165, 1.54) is 0 Å². The molecule has 0 radical (unpaired) electrons. The molecule has 0 N–H and O–H groups in total. The Morgan fingerprint density at radius 3 is 2.57 bits per heavy atom. The molecule has 3 rings (SSSR count). The number of rotatable bonds is 4. The minimum absolute atomic E-state index is 0.168. The highest BCUT2D eigenvalue weighted by Gasteiger charge is 2.27. The Hall–Kier alpha value is -2.17. The van der Waals surface area contributed by atoms with Crippen LogP contribution in [0.1, 0.15) is 49.4 Å². The van der Waals surface area contributed by atoms with Crippen LogP contribution in [-0.2, 0) is 4.79 Å². The van der Waals surface area contributed by atoms with E-state index in [4.69, 9.17) is 4.42 Å². The summed E-state index contributed by atoms with van der Waals surface area (Å²) in [6, 6.07) is 9.93. The molecule has 1 aromatic heterocycles. The van der Waals surface area contributed by atoms with Gasteiger partial charge < -0.3 is 9.32 Å². The third-order valence-corrected chi connectivity index (χ3v) is 4.56. The van der Waals surface area contributed by atoms with Crippen molar-refractivity contribution < 1.29 is 9.21 Å². The quantitative estimate of drug-likeness (QED) is 0.870. The standard InChI is InChI=1S/C18H23N3O2/c1-13-8-10-21(11-9-13)17(22)12-16(15-6-4-3-5-7-15)18-20-19-14(2)23-18/h3-7,13,16H,8-12H2,1-2H3. The highest BCUT2D eigenvalue weighted by atomic mass is 16.4. The number of nitrogens with zero attached hydrogens (tertiary/aromatic N) is 3. The van der Waals surface area contributed by atoms with Crippen LogP contribution in [-0.4, -0.2) is 34.1 Å². The number of benzene rings is 1. The molecule has 5 heteroatoms. The molecular formula is C18H23N3O2. The summed E-state index contributed by atoms with van der Waals surface area (Å²) in [5.74, 6) is 1.75. The molecule has 1 aliphatic heterocycles. The molecule has 2 heterocycles. The maximum atomic E-state index is 12.7. The summed E-state index contributed by atoms with van der Waals surface area (Å²) in [5, 5.41) is 8.07. The van der Waals surface area contributed by atoms with Gasteiger partial charge in [0.2, 0.25) is 17.7 Å². The molecule has 1 unspecified atom stereocenters. The van der Waals surface area contributed by atoms with Crippen molar-refractivity contribution in [3.63, 3.8) is 0 Å². The van der Waals surface area contributed by atoms with E-state index in [0.717, 1.165) is 31.5 Å². The van der Waals surface area contributed by atoms with Gasteiger partial charge in [-0.15, -0.1) is 10.2 Å². The lowest BCUT2D eigenvalue weighted by Gasteiger charge is -2.31. The predicted octanol–water partition coefficient (Wildman–Crippen LogP) is 3.16. The topological polar surface area (TPSA) is 59.2 Å². The van der Waals surface area contributed by atoms with E-state index in [1.54, 1.807) is 6.92 Å². The average molecular weight is 313 g/mol. The van der Waals surface area contributed by atoms with Crippen LogP contribution in [0.5, 0.6) is 0 Å². The fourth-order valence-electron chi connectivity index (χ4n) is 3.05. The van der Waals surface area contributed by atoms with Gasteiger partial charge in [-0.25, -0.2) is 0 Å². The number of aryl methyl sites for hydroxylation is 1. The van der Waals surface area contributed by atoms with Crippen molar-refractivity contribution >= 4 is 5.91 Å². The largest absolute Gasteiger partial charge is 0.425 e. The van der Waals surface area contributed by atoms with E-state index < -0.39 is 0 Å². The lowest BCUT2D eigenvalue weighted by atomic mass is 9.93. The average Bonchev–Trinajstić information content (AvgIpc) is 3.00. The van der Waals surface area contributed by atoms with Gasteiger partial charge in [0.15, 0.2) is 0 Å². The van der Waals surface area contributed by atoms with Crippen LogP contribution in [0.2, 0.25) is 0 Å². The Morgan fingerprint density at radius 2 is 1.96 bits per heavy atom. The van der Waals surface area contributed by atoms with E-state index in [9.17, 15) is 4.79 Å². The molecule has 0 spiro atoms. The fourth-order valence-corrected chi connectivity index (χ4v) is 3.05. The Bertz CT molecular complexity index is 645. The van der Waals surface area contributed by atoms with Crippen LogP contribution in [0.4, 0.5) is 0 Å². The molecule has 5 nitrogen and oxygen atoms in total. The van der Waals surface area contributed by atoms with Crippen LogP contribution in [0.15, 0.2) is 34.7 Å². The molecule has 1 saturated heterocycles. The zero-order valence-electron chi connectivity index (χ0n) is 13.7. The number of piperidine rings is 1. The van der Waals surface area contributed by atoms with Crippen molar-refractivity contribution in [2.45, 2.75) is 39.0 Å². The van der Waals surface area contributed by atoms with E-state index in [0.29, 0.717) is 24.1 Å². The normalized spacial score (nSPS) is 17.2. The van der Waals surface area contributed by atoms with E-state index in [-0.39, 0.29) is 11.8 Å². The first kappa shape index (κ1) is 15.7. The van der Waals surface area contributed by atoms with Crippen molar-refractivity contribution in [2.75, 3.05) is 13.1 Å². The second kappa shape index (κ2) is 6.94. The van der Waals surface area contributed by atoms with Gasteiger partial charge in [-0.3, -0.25) is 4.79 Å². The van der Waals surface area contributed by atoms with Crippen LogP contribution in [0, 0.1) is 12.8 Å². The molecule has 0 saturated carbocycles. The summed E-state index contributed by atoms with van der Waals surface area (Å²) in [4.78, 5) is 14.7. The Kier molecular flexibility index (Phi) is 4.74. The van der Waals surface area contributed by atoms with E-state index >= 15 is 0 Å². The van der Waals surface area contributed by atoms with Gasteiger partial charge >= 0.3 is 0 Å². The molecular weight excluding hydrogens is 290 g/mol. The Morgan fingerprint density at radius 1 is 1.26 bits per heavy atom. The van der Waals surface area contributed by atoms with Gasteiger partial charge in [-0.05, 0) is 24.3 Å². The third kappa shape index (κ3) is 3.78. The lowest BCUT2D eigenvalue weighted by molar-refractivity contribution is -0.132. The van der Waals surface area contributed by atoms with E-state index in [1.807, 2.05) is 35.2 Å². The minimum atomic E-state index is -0.177. The van der Waals surface area contributed by atoms with Crippen LogP contribution in [0.25, 0.3) is 0 Å². The SMILES string of the molecule is Cc1nnc(C(CC(=O)N2CCC(C)CC2)c2ccccc2)o1. The number of carbonyl (C=O) groups is 1. The maximum Gasteiger partial charge on any atom is 0.224 e. The molecule has 1 amide bonds. The summed E-state index contributed by atoms with van der Waals surface area (Å²) in [5.41, 5.74) is 1.04. The highest BCUT2D eigenvalue weighted by molar-refractivity contribution is 5.77. The van der Waals surface area contributed by atoms with Gasteiger partial charge in [-0.1, -0.05) is 37.3 Å². The highest BCUT2D eigenvalue weighted by Crippen LogP contribution is 2.28. The summed E-state index contributed by atoms with van der Waals surface area (Å²) >= 11 is 0. The monoisotopic (exact) mass is 313 g/mol. The first-order chi connectivity index (χ1) is 11.1. The number of hydrogen-bond acceptors (Lipinski definition) is 4. The molecule has 0 bridgehead atoms. The first-order valence-corrected chi connectivity index (χ1v) is 8.26. The zero-order valence-corrected chi connectivity index (χ0v) is 13.7. The summed E-state index contributed by atoms with van der Waals surface area (Å²) < 4.78 is 5.61. The molecule has 122 valence electrons. The second-order valence-corrected chi connectivity index (χ2v) is 6.39. The molecule has 1 atom stereocenters. The maximum absolute atomic E-state index is 12.7. The molecule has 1 aromatic carbocycles. The van der Waals surface area contributed by atoms with Gasteiger partial charge in [0.05, 0.1) is 5.92 Å². The van der Waals surface area contributed by atoms with Crippen LogP contribution in [0.3, 0.4) is 0 Å². The second-order valence-electron chi connectivity index (χ2n) is 6.39. The van der Waals surface area contributed by atoms with Gasteiger partial charge in [-0.2, -0.15) is 0 Å². The summed E-state index contributed by atoms with van der Waals surface area (Å²) in [6.45, 7) is 5.72. The number of amides is 1. The van der Waals surface area contributed by atoms with Crippen molar-refractivity contribution in [3.05, 3.63) is 47.7 Å². The number of likely N-dealkylation sites (tertiary alicyclic amines) is 1. The van der Waals surface area contributed by atoms with Crippen molar-refractivity contribution in [3.8, 4) is 0 Å². The lowest BCUT2D eigenvalue weighted by Crippen LogP contribution is -2.38. The van der Waals surface area contributed by atoms with Crippen LogP contribution >= 0.6 is 0 Å². The number of carbonyl (C=O) groups excluding carboxylic acids is 1. The molecule has 23 heavy (non-hydrogen) atoms. The number of hydrogen-bond donors (Lipinski definition) is 0. The molecule has 0 aliphatic carbocycles. The molecule has 1 fully saturated rings. The van der Waals surface area contributed by atoms with Crippen molar-refractivity contribution in [2.24, 2.45) is 5.92 Å². The van der Waals surface area contributed by atoms with Gasteiger partial charge in [0.1, 0.15) is 0 Å². The van der Waals surface area contributed by atoms with Gasteiger partial charge in [0, 0.05) is 26.4 Å². The summed E-state index contributed by atoms with van der Waals surface area (Å²) in [6.07, 6.45) is 2.54. The first-order valence-electron chi connectivity index (χ1n) is 8.26. The molecule has 1 aliphatic rings. The van der Waals surface area contributed by atoms with Crippen molar-refractivity contribution in [1.29, 1.82) is 0 Å². The van der Waals surface area contributed by atoms with E-state index in [2.05, 4.69) is 17.1 Å². The molecule has 2 aromatic rings. The van der Waals surface area contributed by atoms with Crippen LogP contribution < -0.4 is 0 Å². The fraction of sp³-hybridized carbons (Fsp3) is 0.500. The Balaban J connectivity index is 1.78. The number of aromatic nitrogens is 2. The minimum Gasteiger partial charge on any atom is -0.425 e. The Labute approximate surface area is 136 Å².